The molecule has 0 atom stereocenters. The zero-order valence-corrected chi connectivity index (χ0v) is 13.4. The number of nitrogens with zero attached hydrogens (tertiary/aromatic N) is 2. The Balaban J connectivity index is 2.10. The van der Waals surface area contributed by atoms with Crippen LogP contribution in [0.1, 0.15) is 17.4 Å². The molecular weight excluding hydrogens is 318 g/mol. The second-order valence-electron chi connectivity index (χ2n) is 4.63. The van der Waals surface area contributed by atoms with Gasteiger partial charge in [-0.15, -0.1) is 11.3 Å². The second-order valence-corrected chi connectivity index (χ2v) is 5.66. The molecule has 0 saturated carbocycles. The lowest BCUT2D eigenvalue weighted by molar-refractivity contribution is -0.385. The number of thiophene rings is 1. The topological polar surface area (TPSA) is 93.8 Å². The van der Waals surface area contributed by atoms with Gasteiger partial charge in [0.05, 0.1) is 24.2 Å². The third kappa shape index (κ3) is 4.36. The highest BCUT2D eigenvalue weighted by molar-refractivity contribution is 7.10. The van der Waals surface area contributed by atoms with Crippen molar-refractivity contribution >= 4 is 28.6 Å². The predicted octanol–water partition coefficient (Wildman–Crippen LogP) is 2.75. The Labute approximate surface area is 136 Å². The smallest absolute Gasteiger partial charge is 0.311 e. The van der Waals surface area contributed by atoms with Crippen molar-refractivity contribution in [1.82, 2.24) is 5.43 Å². The van der Waals surface area contributed by atoms with Gasteiger partial charge in [-0.2, -0.15) is 5.10 Å². The van der Waals surface area contributed by atoms with Crippen molar-refractivity contribution in [3.63, 3.8) is 0 Å². The fraction of sp³-hybridized carbons (Fsp3) is 0.200. The summed E-state index contributed by atoms with van der Waals surface area (Å²) in [4.78, 5) is 23.2. The molecule has 7 nitrogen and oxygen atoms in total. The first-order valence-corrected chi connectivity index (χ1v) is 7.57. The van der Waals surface area contributed by atoms with Crippen LogP contribution in [0, 0.1) is 10.1 Å². The number of hydrogen-bond donors (Lipinski definition) is 1. The molecule has 1 heterocycles. The highest BCUT2D eigenvalue weighted by Crippen LogP contribution is 2.27. The number of rotatable bonds is 6. The van der Waals surface area contributed by atoms with E-state index in [0.29, 0.717) is 11.3 Å². The second kappa shape index (κ2) is 7.50. The fourth-order valence-electron chi connectivity index (χ4n) is 1.88. The van der Waals surface area contributed by atoms with E-state index >= 15 is 0 Å². The number of hydrogen-bond acceptors (Lipinski definition) is 6. The molecule has 2 rings (SSSR count). The Hall–Kier alpha value is -2.74. The van der Waals surface area contributed by atoms with Crippen LogP contribution in [0.3, 0.4) is 0 Å². The molecule has 0 spiro atoms. The number of carbonyl (C=O) groups is 1. The maximum atomic E-state index is 11.8. The summed E-state index contributed by atoms with van der Waals surface area (Å²) in [5, 5.41) is 16.9. The molecule has 0 aliphatic rings. The van der Waals surface area contributed by atoms with E-state index in [0.717, 1.165) is 4.88 Å². The Bertz CT molecular complexity index is 741. The first-order chi connectivity index (χ1) is 11.0. The van der Waals surface area contributed by atoms with Gasteiger partial charge in [0.1, 0.15) is 0 Å². The number of hydrazone groups is 1. The van der Waals surface area contributed by atoms with Gasteiger partial charge in [0.15, 0.2) is 5.75 Å². The largest absolute Gasteiger partial charge is 0.490 e. The van der Waals surface area contributed by atoms with Crippen LogP contribution in [0.4, 0.5) is 5.69 Å². The lowest BCUT2D eigenvalue weighted by atomic mass is 10.1. The minimum Gasteiger partial charge on any atom is -0.490 e. The van der Waals surface area contributed by atoms with Crippen LogP contribution in [0.2, 0.25) is 0 Å². The monoisotopic (exact) mass is 333 g/mol. The summed E-state index contributed by atoms with van der Waals surface area (Å²) < 4.78 is 4.95. The zero-order valence-electron chi connectivity index (χ0n) is 12.6. The van der Waals surface area contributed by atoms with Crippen molar-refractivity contribution in [1.29, 1.82) is 0 Å². The third-order valence-corrected chi connectivity index (χ3v) is 3.93. The standard InChI is InChI=1S/C15H15N3O4S/c1-10(16-17-15(19)9-12-4-3-7-23-12)11-5-6-14(22-2)13(8-11)18(20)21/h3-8H,9H2,1-2H3,(H,17,19). The fourth-order valence-corrected chi connectivity index (χ4v) is 2.58. The van der Waals surface area contributed by atoms with Crippen molar-refractivity contribution in [3.05, 3.63) is 56.3 Å². The minimum absolute atomic E-state index is 0.149. The molecule has 0 aliphatic heterocycles. The van der Waals surface area contributed by atoms with Gasteiger partial charge in [-0.25, -0.2) is 5.43 Å². The van der Waals surface area contributed by atoms with Crippen LogP contribution < -0.4 is 10.2 Å². The summed E-state index contributed by atoms with van der Waals surface area (Å²) in [6, 6.07) is 8.26. The number of nitrogens with one attached hydrogen (secondary N) is 1. The van der Waals surface area contributed by atoms with Crippen molar-refractivity contribution in [2.24, 2.45) is 5.10 Å². The Kier molecular flexibility index (Phi) is 5.42. The Morgan fingerprint density at radius 1 is 1.43 bits per heavy atom. The van der Waals surface area contributed by atoms with Gasteiger partial charge < -0.3 is 4.74 Å². The molecule has 2 aromatic rings. The molecule has 0 fully saturated rings. The van der Waals surface area contributed by atoms with Crippen LogP contribution in [-0.2, 0) is 11.2 Å². The Morgan fingerprint density at radius 2 is 2.22 bits per heavy atom. The van der Waals surface area contributed by atoms with E-state index in [-0.39, 0.29) is 23.8 Å². The molecule has 1 amide bonds. The van der Waals surface area contributed by atoms with Crippen LogP contribution in [-0.4, -0.2) is 23.7 Å². The molecule has 8 heteroatoms. The summed E-state index contributed by atoms with van der Waals surface area (Å²) in [5.74, 6) is -0.0666. The summed E-state index contributed by atoms with van der Waals surface area (Å²) in [6.07, 6.45) is 0.247. The van der Waals surface area contributed by atoms with E-state index in [1.54, 1.807) is 13.0 Å². The van der Waals surface area contributed by atoms with E-state index in [9.17, 15) is 14.9 Å². The van der Waals surface area contributed by atoms with Crippen molar-refractivity contribution in [2.75, 3.05) is 7.11 Å². The Morgan fingerprint density at radius 3 is 2.83 bits per heavy atom. The van der Waals surface area contributed by atoms with Gasteiger partial charge in [-0.1, -0.05) is 6.07 Å². The van der Waals surface area contributed by atoms with E-state index in [2.05, 4.69) is 10.5 Å². The third-order valence-electron chi connectivity index (χ3n) is 3.06. The average Bonchev–Trinajstić information content (AvgIpc) is 3.04. The molecule has 1 N–H and O–H groups in total. The number of benzene rings is 1. The van der Waals surface area contributed by atoms with Crippen LogP contribution in [0.25, 0.3) is 0 Å². The van der Waals surface area contributed by atoms with Gasteiger partial charge in [0.25, 0.3) is 0 Å². The average molecular weight is 333 g/mol. The summed E-state index contributed by atoms with van der Waals surface area (Å²) in [6.45, 7) is 1.66. The molecule has 0 bridgehead atoms. The maximum absolute atomic E-state index is 11.8. The van der Waals surface area contributed by atoms with Gasteiger partial charge in [-0.05, 0) is 30.5 Å². The number of ether oxygens (including phenoxy) is 1. The van der Waals surface area contributed by atoms with E-state index in [4.69, 9.17) is 4.74 Å². The molecule has 0 aliphatic carbocycles. The summed E-state index contributed by atoms with van der Waals surface area (Å²) in [5.41, 5.74) is 3.31. The summed E-state index contributed by atoms with van der Waals surface area (Å²) >= 11 is 1.49. The number of nitro groups is 1. The molecular formula is C15H15N3O4S. The van der Waals surface area contributed by atoms with Crippen LogP contribution >= 0.6 is 11.3 Å². The molecule has 23 heavy (non-hydrogen) atoms. The van der Waals surface area contributed by atoms with Gasteiger partial charge in [0.2, 0.25) is 5.91 Å². The van der Waals surface area contributed by atoms with E-state index in [1.807, 2.05) is 17.5 Å². The highest BCUT2D eigenvalue weighted by Gasteiger charge is 2.16. The maximum Gasteiger partial charge on any atom is 0.311 e. The first-order valence-electron chi connectivity index (χ1n) is 6.69. The minimum atomic E-state index is -0.523. The predicted molar refractivity (Wildman–Crippen MR) is 88.0 cm³/mol. The van der Waals surface area contributed by atoms with Crippen LogP contribution in [0.15, 0.2) is 40.8 Å². The normalized spacial score (nSPS) is 11.1. The lowest BCUT2D eigenvalue weighted by Gasteiger charge is -2.05. The number of nitro benzene ring substituents is 1. The number of methoxy groups -OCH3 is 1. The SMILES string of the molecule is COc1ccc(C(C)=NNC(=O)Cc2cccs2)cc1[N+](=O)[O-]. The quantitative estimate of drug-likeness (QED) is 0.499. The van der Waals surface area contributed by atoms with E-state index in [1.165, 1.54) is 30.6 Å². The summed E-state index contributed by atoms with van der Waals surface area (Å²) in [7, 11) is 1.37. The van der Waals surface area contributed by atoms with Crippen molar-refractivity contribution < 1.29 is 14.5 Å². The molecule has 120 valence electrons. The van der Waals surface area contributed by atoms with Crippen molar-refractivity contribution in [3.8, 4) is 5.75 Å². The van der Waals surface area contributed by atoms with E-state index < -0.39 is 4.92 Å². The number of carbonyl (C=O) groups excluding carboxylic acids is 1. The molecule has 1 aromatic carbocycles. The van der Waals surface area contributed by atoms with Gasteiger partial charge >= 0.3 is 5.69 Å². The zero-order chi connectivity index (χ0) is 16.8. The number of amides is 1. The van der Waals surface area contributed by atoms with Gasteiger partial charge in [-0.3, -0.25) is 14.9 Å². The lowest BCUT2D eigenvalue weighted by Crippen LogP contribution is -2.20. The van der Waals surface area contributed by atoms with Crippen LogP contribution in [0.5, 0.6) is 5.75 Å². The van der Waals surface area contributed by atoms with Gasteiger partial charge in [0, 0.05) is 16.5 Å². The highest BCUT2D eigenvalue weighted by atomic mass is 32.1. The molecule has 0 unspecified atom stereocenters. The molecule has 1 aromatic heterocycles. The molecule has 0 radical (unpaired) electrons. The first kappa shape index (κ1) is 16.6. The molecule has 0 saturated heterocycles. The van der Waals surface area contributed by atoms with Crippen molar-refractivity contribution in [2.45, 2.75) is 13.3 Å².